The molecular weight excluding hydrogens is 388 g/mol. The van der Waals surface area contributed by atoms with Gasteiger partial charge in [-0.1, -0.05) is 67.0 Å². The average molecular weight is 441 g/mol. The second-order valence-electron chi connectivity index (χ2n) is 14.9. The lowest BCUT2D eigenvalue weighted by molar-refractivity contribution is -0.168. The van der Waals surface area contributed by atoms with Crippen molar-refractivity contribution in [2.75, 3.05) is 7.11 Å². The number of allylic oxidation sites excluding steroid dienone is 2. The van der Waals surface area contributed by atoms with Crippen LogP contribution in [0.25, 0.3) is 0 Å². The second-order valence-corrected chi connectivity index (χ2v) is 14.9. The summed E-state index contributed by atoms with van der Waals surface area (Å²) in [6.07, 6.45) is 15.8. The van der Waals surface area contributed by atoms with E-state index in [1.165, 1.54) is 57.8 Å². The fraction of sp³-hybridized carbons (Fsp3) is 0.935. The molecule has 0 aliphatic heterocycles. The van der Waals surface area contributed by atoms with E-state index in [1.54, 1.807) is 0 Å². The molecule has 0 aromatic carbocycles. The Hall–Kier alpha value is -0.300. The van der Waals surface area contributed by atoms with Gasteiger partial charge in [0.2, 0.25) is 0 Å². The van der Waals surface area contributed by atoms with Crippen LogP contribution in [0.15, 0.2) is 11.6 Å². The Kier molecular flexibility index (Phi) is 5.21. The molecule has 0 heterocycles. The standard InChI is InChI=1S/C31H52O/c1-20(2)21-10-13-25-29(21,6)18-19-30(7)23-11-12-24-27(3,4)26(32-9)15-16-28(24,5)22(23)14-17-31(25,30)8/h14,20-21,23-26H,10-13,15-19H2,1-9H3/t21-,23+,24-,25-,26+,28+,29-,30-,31+/m0/s1. The Morgan fingerprint density at radius 3 is 2.16 bits per heavy atom. The van der Waals surface area contributed by atoms with Crippen LogP contribution in [0.2, 0.25) is 0 Å². The molecule has 0 aromatic heterocycles. The molecule has 5 aliphatic carbocycles. The van der Waals surface area contributed by atoms with E-state index in [0.29, 0.717) is 27.8 Å². The Bertz CT molecular complexity index is 792. The predicted octanol–water partition coefficient (Wildman–Crippen LogP) is 8.68. The minimum atomic E-state index is 0.274. The molecule has 0 amide bonds. The van der Waals surface area contributed by atoms with Crippen molar-refractivity contribution in [1.29, 1.82) is 0 Å². The number of hydrogen-bond donors (Lipinski definition) is 0. The maximum atomic E-state index is 6.03. The van der Waals surface area contributed by atoms with Crippen LogP contribution in [-0.4, -0.2) is 13.2 Å². The highest BCUT2D eigenvalue weighted by atomic mass is 16.5. The molecule has 0 unspecified atom stereocenters. The lowest BCUT2D eigenvalue weighted by atomic mass is 9.35. The first-order valence-electron chi connectivity index (χ1n) is 14.1. The molecule has 9 atom stereocenters. The van der Waals surface area contributed by atoms with Gasteiger partial charge in [-0.25, -0.2) is 0 Å². The molecule has 0 saturated heterocycles. The lowest BCUT2D eigenvalue weighted by Crippen LogP contribution is -2.62. The summed E-state index contributed by atoms with van der Waals surface area (Å²) in [7, 11) is 1.94. The SMILES string of the molecule is CO[C@@H]1CC[C@]2(C)C3=CC[C@]4(C)[C@H]5CC[C@@H](C(C)C)[C@]5(C)CC[C@@]4(C)[C@@H]3CC[C@H]2C1(C)C. The fourth-order valence-electron chi connectivity index (χ4n) is 11.7. The molecule has 0 N–H and O–H groups in total. The van der Waals surface area contributed by atoms with Gasteiger partial charge in [0.25, 0.3) is 0 Å². The highest BCUT2D eigenvalue weighted by Crippen LogP contribution is 2.76. The third-order valence-corrected chi connectivity index (χ3v) is 13.5. The fourth-order valence-corrected chi connectivity index (χ4v) is 11.7. The summed E-state index contributed by atoms with van der Waals surface area (Å²) < 4.78 is 6.03. The highest BCUT2D eigenvalue weighted by Gasteiger charge is 2.68. The van der Waals surface area contributed by atoms with Gasteiger partial charge in [0.15, 0.2) is 0 Å². The quantitative estimate of drug-likeness (QED) is 0.390. The van der Waals surface area contributed by atoms with E-state index in [2.05, 4.69) is 61.5 Å². The van der Waals surface area contributed by atoms with Crippen LogP contribution in [-0.2, 0) is 4.74 Å². The zero-order valence-electron chi connectivity index (χ0n) is 22.8. The zero-order chi connectivity index (χ0) is 23.3. The average Bonchev–Trinajstić information content (AvgIpc) is 3.08. The molecule has 182 valence electrons. The van der Waals surface area contributed by atoms with Crippen LogP contribution in [0, 0.1) is 56.7 Å². The van der Waals surface area contributed by atoms with Gasteiger partial charge in [-0.3, -0.25) is 0 Å². The van der Waals surface area contributed by atoms with Crippen molar-refractivity contribution in [3.05, 3.63) is 11.6 Å². The van der Waals surface area contributed by atoms with Crippen LogP contribution in [0.5, 0.6) is 0 Å². The molecule has 1 nitrogen and oxygen atoms in total. The van der Waals surface area contributed by atoms with Crippen molar-refractivity contribution in [3.8, 4) is 0 Å². The van der Waals surface area contributed by atoms with Crippen LogP contribution >= 0.6 is 0 Å². The van der Waals surface area contributed by atoms with Gasteiger partial charge in [-0.2, -0.15) is 0 Å². The first kappa shape index (κ1) is 23.4. The number of methoxy groups -OCH3 is 1. The van der Waals surface area contributed by atoms with Crippen LogP contribution in [0.4, 0.5) is 0 Å². The first-order valence-corrected chi connectivity index (χ1v) is 14.1. The number of fused-ring (bicyclic) bond motifs is 7. The Balaban J connectivity index is 1.54. The highest BCUT2D eigenvalue weighted by molar-refractivity contribution is 5.33. The molecule has 1 heteroatoms. The maximum Gasteiger partial charge on any atom is 0.0625 e. The monoisotopic (exact) mass is 440 g/mol. The van der Waals surface area contributed by atoms with E-state index in [9.17, 15) is 0 Å². The van der Waals surface area contributed by atoms with Crippen LogP contribution < -0.4 is 0 Å². The van der Waals surface area contributed by atoms with Crippen molar-refractivity contribution < 1.29 is 4.74 Å². The topological polar surface area (TPSA) is 9.23 Å². The Morgan fingerprint density at radius 1 is 0.812 bits per heavy atom. The summed E-state index contributed by atoms with van der Waals surface area (Å²) >= 11 is 0. The summed E-state index contributed by atoms with van der Waals surface area (Å²) in [6, 6.07) is 0. The van der Waals surface area contributed by atoms with Crippen molar-refractivity contribution >= 4 is 0 Å². The molecule has 0 bridgehead atoms. The van der Waals surface area contributed by atoms with E-state index < -0.39 is 0 Å². The number of rotatable bonds is 2. The normalized spacial score (nSPS) is 54.3. The van der Waals surface area contributed by atoms with Gasteiger partial charge < -0.3 is 4.74 Å². The molecule has 4 saturated carbocycles. The van der Waals surface area contributed by atoms with Gasteiger partial charge in [-0.15, -0.1) is 0 Å². The number of hydrogen-bond acceptors (Lipinski definition) is 1. The maximum absolute atomic E-state index is 6.03. The molecule has 0 radical (unpaired) electrons. The largest absolute Gasteiger partial charge is 0.381 e. The van der Waals surface area contributed by atoms with Gasteiger partial charge in [-0.05, 0) is 114 Å². The molecule has 5 rings (SSSR count). The third-order valence-electron chi connectivity index (χ3n) is 13.5. The zero-order valence-corrected chi connectivity index (χ0v) is 22.8. The van der Waals surface area contributed by atoms with E-state index in [0.717, 1.165) is 29.6 Å². The summed E-state index contributed by atoms with van der Waals surface area (Å²) in [5.41, 5.74) is 4.05. The summed E-state index contributed by atoms with van der Waals surface area (Å²) in [5, 5.41) is 0. The van der Waals surface area contributed by atoms with E-state index >= 15 is 0 Å². The van der Waals surface area contributed by atoms with Gasteiger partial charge in [0.1, 0.15) is 0 Å². The van der Waals surface area contributed by atoms with Gasteiger partial charge in [0.05, 0.1) is 6.10 Å². The second kappa shape index (κ2) is 7.11. The molecular formula is C31H52O. The van der Waals surface area contributed by atoms with E-state index in [4.69, 9.17) is 4.74 Å². The molecule has 0 aromatic rings. The minimum absolute atomic E-state index is 0.274. The summed E-state index contributed by atoms with van der Waals surface area (Å²) in [6.45, 7) is 20.9. The Labute approximate surface area is 199 Å². The van der Waals surface area contributed by atoms with Crippen molar-refractivity contribution in [2.24, 2.45) is 56.7 Å². The molecule has 5 aliphatic rings. The smallest absolute Gasteiger partial charge is 0.0625 e. The van der Waals surface area contributed by atoms with E-state index in [1.807, 2.05) is 12.7 Å². The van der Waals surface area contributed by atoms with Crippen LogP contribution in [0.3, 0.4) is 0 Å². The molecule has 4 fully saturated rings. The number of ether oxygens (including phenoxy) is 1. The van der Waals surface area contributed by atoms with Gasteiger partial charge >= 0.3 is 0 Å². The van der Waals surface area contributed by atoms with Crippen molar-refractivity contribution in [3.63, 3.8) is 0 Å². The predicted molar refractivity (Wildman–Crippen MR) is 135 cm³/mol. The summed E-state index contributed by atoms with van der Waals surface area (Å²) in [4.78, 5) is 0. The first-order chi connectivity index (χ1) is 14.9. The molecule has 0 spiro atoms. The lowest BCUT2D eigenvalue weighted by Gasteiger charge is -2.69. The van der Waals surface area contributed by atoms with E-state index in [-0.39, 0.29) is 5.41 Å². The Morgan fingerprint density at radius 2 is 1.50 bits per heavy atom. The minimum Gasteiger partial charge on any atom is -0.381 e. The molecule has 32 heavy (non-hydrogen) atoms. The summed E-state index contributed by atoms with van der Waals surface area (Å²) in [5.74, 6) is 4.23. The van der Waals surface area contributed by atoms with Gasteiger partial charge in [0, 0.05) is 7.11 Å². The third kappa shape index (κ3) is 2.67. The van der Waals surface area contributed by atoms with Crippen molar-refractivity contribution in [1.82, 2.24) is 0 Å². The van der Waals surface area contributed by atoms with Crippen LogP contribution in [0.1, 0.15) is 113 Å². The van der Waals surface area contributed by atoms with Crippen molar-refractivity contribution in [2.45, 2.75) is 119 Å².